The first-order chi connectivity index (χ1) is 12.4. The van der Waals surface area contributed by atoms with E-state index in [0.717, 1.165) is 0 Å². The van der Waals surface area contributed by atoms with Crippen molar-refractivity contribution in [1.29, 1.82) is 0 Å². The highest BCUT2D eigenvalue weighted by Crippen LogP contribution is 2.36. The molecule has 0 spiro atoms. The van der Waals surface area contributed by atoms with Crippen LogP contribution < -0.4 is 5.14 Å². The molecule has 0 heterocycles. The van der Waals surface area contributed by atoms with Crippen LogP contribution in [0.5, 0.6) is 0 Å². The predicted molar refractivity (Wildman–Crippen MR) is 96.7 cm³/mol. The highest BCUT2D eigenvalue weighted by molar-refractivity contribution is 8.00. The number of carbonyl (C=O) groups excluding carboxylic acids is 1. The Kier molecular flexibility index (Phi) is 6.23. The average Bonchev–Trinajstić information content (AvgIpc) is 2.58. The van der Waals surface area contributed by atoms with Crippen LogP contribution in [0.1, 0.15) is 28.9 Å². The largest absolute Gasteiger partial charge is 0.446 e. The number of rotatable bonds is 5. The summed E-state index contributed by atoms with van der Waals surface area (Å²) in [6.45, 7) is 1.75. The van der Waals surface area contributed by atoms with Gasteiger partial charge in [0.15, 0.2) is 0 Å². The van der Waals surface area contributed by atoms with Crippen LogP contribution in [0.4, 0.5) is 13.2 Å². The van der Waals surface area contributed by atoms with E-state index >= 15 is 0 Å². The molecule has 27 heavy (non-hydrogen) atoms. The third kappa shape index (κ3) is 5.72. The number of nitrogens with two attached hydrogens (primary N) is 1. The molecule has 146 valence electrons. The van der Waals surface area contributed by atoms with Gasteiger partial charge < -0.3 is 4.90 Å². The molecule has 1 atom stereocenters. The molecule has 0 aliphatic rings. The maximum absolute atomic E-state index is 12.6. The molecule has 2 aromatic carbocycles. The van der Waals surface area contributed by atoms with Gasteiger partial charge in [-0.1, -0.05) is 12.1 Å². The predicted octanol–water partition coefficient (Wildman–Crippen LogP) is 3.78. The molecule has 5 nitrogen and oxygen atoms in total. The molecule has 2 aromatic rings. The molecule has 0 saturated carbocycles. The van der Waals surface area contributed by atoms with Gasteiger partial charge in [0.2, 0.25) is 10.0 Å². The zero-order valence-corrected chi connectivity index (χ0v) is 16.0. The van der Waals surface area contributed by atoms with Crippen LogP contribution in [0.25, 0.3) is 0 Å². The van der Waals surface area contributed by atoms with Gasteiger partial charge >= 0.3 is 5.51 Å². The van der Waals surface area contributed by atoms with E-state index in [1.165, 1.54) is 41.3 Å². The Morgan fingerprint density at radius 3 is 2.04 bits per heavy atom. The van der Waals surface area contributed by atoms with E-state index in [4.69, 9.17) is 5.14 Å². The number of halogens is 3. The lowest BCUT2D eigenvalue weighted by atomic mass is 10.1. The third-order valence-electron chi connectivity index (χ3n) is 3.93. The zero-order chi connectivity index (χ0) is 20.4. The quantitative estimate of drug-likeness (QED) is 0.750. The van der Waals surface area contributed by atoms with Crippen molar-refractivity contribution in [2.24, 2.45) is 5.14 Å². The first kappa shape index (κ1) is 21.3. The average molecular weight is 418 g/mol. The molecule has 1 amide bonds. The van der Waals surface area contributed by atoms with Gasteiger partial charge in [-0.05, 0) is 60.6 Å². The lowest BCUT2D eigenvalue weighted by Crippen LogP contribution is -2.29. The molecule has 0 fully saturated rings. The van der Waals surface area contributed by atoms with Crippen LogP contribution in [-0.2, 0) is 10.0 Å². The Morgan fingerprint density at radius 2 is 1.59 bits per heavy atom. The fourth-order valence-electron chi connectivity index (χ4n) is 2.34. The maximum Gasteiger partial charge on any atom is 0.446 e. The third-order valence-corrected chi connectivity index (χ3v) is 5.60. The number of sulfonamides is 1. The highest BCUT2D eigenvalue weighted by atomic mass is 32.2. The molecule has 0 saturated heterocycles. The van der Waals surface area contributed by atoms with Crippen molar-refractivity contribution in [2.45, 2.75) is 28.3 Å². The molecular formula is C17H17F3N2O3S2. The van der Waals surface area contributed by atoms with E-state index in [9.17, 15) is 26.4 Å². The molecule has 10 heteroatoms. The van der Waals surface area contributed by atoms with Gasteiger partial charge in [-0.25, -0.2) is 13.6 Å². The van der Waals surface area contributed by atoms with Crippen LogP contribution >= 0.6 is 11.8 Å². The highest BCUT2D eigenvalue weighted by Gasteiger charge is 2.29. The normalized spacial score (nSPS) is 13.3. The first-order valence-corrected chi connectivity index (χ1v) is 10.0. The molecule has 0 unspecified atom stereocenters. The minimum Gasteiger partial charge on any atom is -0.335 e. The summed E-state index contributed by atoms with van der Waals surface area (Å²) >= 11 is -0.248. The Hall–Kier alpha value is -2.04. The minimum absolute atomic E-state index is 0.00617. The zero-order valence-electron chi connectivity index (χ0n) is 14.4. The Morgan fingerprint density at radius 1 is 1.07 bits per heavy atom. The van der Waals surface area contributed by atoms with Gasteiger partial charge in [0, 0.05) is 17.5 Å². The molecular weight excluding hydrogens is 401 g/mol. The van der Waals surface area contributed by atoms with Gasteiger partial charge in [-0.2, -0.15) is 13.2 Å². The second kappa shape index (κ2) is 7.91. The first-order valence-electron chi connectivity index (χ1n) is 7.64. The van der Waals surface area contributed by atoms with Crippen molar-refractivity contribution in [2.75, 3.05) is 7.05 Å². The summed E-state index contributed by atoms with van der Waals surface area (Å²) in [4.78, 5) is 13.9. The van der Waals surface area contributed by atoms with Crippen LogP contribution in [0.2, 0.25) is 0 Å². The molecule has 0 bridgehead atoms. The standard InChI is InChI=1S/C17H17F3N2O3S2/c1-11(12-5-9-15(10-6-12)27(21,24)25)22(2)16(23)13-3-7-14(8-4-13)26-17(18,19)20/h3-11H,1-2H3,(H2,21,24,25)/t11-/m1/s1. The van der Waals surface area contributed by atoms with Crippen LogP contribution in [-0.4, -0.2) is 31.8 Å². The lowest BCUT2D eigenvalue weighted by molar-refractivity contribution is -0.0328. The fourth-order valence-corrected chi connectivity index (χ4v) is 3.39. The Balaban J connectivity index is 2.14. The number of hydrogen-bond donors (Lipinski definition) is 1. The number of thioether (sulfide) groups is 1. The molecule has 2 N–H and O–H groups in total. The second-order valence-corrected chi connectivity index (χ2v) is 8.48. The van der Waals surface area contributed by atoms with Crippen molar-refractivity contribution in [3.8, 4) is 0 Å². The summed E-state index contributed by atoms with van der Waals surface area (Å²) in [5.74, 6) is -0.374. The van der Waals surface area contributed by atoms with Crippen LogP contribution in [0, 0.1) is 0 Å². The number of alkyl halides is 3. The summed E-state index contributed by atoms with van der Waals surface area (Å²) in [5, 5.41) is 5.05. The van der Waals surface area contributed by atoms with E-state index in [1.807, 2.05) is 0 Å². The van der Waals surface area contributed by atoms with E-state index in [-0.39, 0.29) is 33.0 Å². The minimum atomic E-state index is -4.39. The molecule has 2 rings (SSSR count). The number of carbonyl (C=O) groups is 1. The summed E-state index contributed by atoms with van der Waals surface area (Å²) in [7, 11) is -2.25. The topological polar surface area (TPSA) is 80.5 Å². The summed E-state index contributed by atoms with van der Waals surface area (Å²) < 4.78 is 59.7. The summed E-state index contributed by atoms with van der Waals surface area (Å²) in [6, 6.07) is 10.6. The van der Waals surface area contributed by atoms with Crippen molar-refractivity contribution in [3.05, 3.63) is 59.7 Å². The Labute approximate surface area is 159 Å². The van der Waals surface area contributed by atoms with E-state index in [1.54, 1.807) is 26.1 Å². The number of amides is 1. The van der Waals surface area contributed by atoms with Gasteiger partial charge in [-0.15, -0.1) is 0 Å². The van der Waals surface area contributed by atoms with E-state index < -0.39 is 21.6 Å². The van der Waals surface area contributed by atoms with Crippen LogP contribution in [0.3, 0.4) is 0 Å². The second-order valence-electron chi connectivity index (χ2n) is 5.78. The number of nitrogens with zero attached hydrogens (tertiary/aromatic N) is 1. The van der Waals surface area contributed by atoms with Crippen molar-refractivity contribution < 1.29 is 26.4 Å². The summed E-state index contributed by atoms with van der Waals surface area (Å²) in [5.41, 5.74) is -3.46. The van der Waals surface area contributed by atoms with Crippen molar-refractivity contribution in [3.63, 3.8) is 0 Å². The summed E-state index contributed by atoms with van der Waals surface area (Å²) in [6.07, 6.45) is 0. The van der Waals surface area contributed by atoms with Crippen molar-refractivity contribution in [1.82, 2.24) is 4.90 Å². The van der Waals surface area contributed by atoms with E-state index in [0.29, 0.717) is 5.56 Å². The monoisotopic (exact) mass is 418 g/mol. The number of benzene rings is 2. The van der Waals surface area contributed by atoms with Gasteiger partial charge in [0.1, 0.15) is 0 Å². The SMILES string of the molecule is C[C@H](c1ccc(S(N)(=O)=O)cc1)N(C)C(=O)c1ccc(SC(F)(F)F)cc1. The van der Waals surface area contributed by atoms with Gasteiger partial charge in [0.25, 0.3) is 5.91 Å². The molecule has 0 radical (unpaired) electrons. The lowest BCUT2D eigenvalue weighted by Gasteiger charge is -2.25. The molecule has 0 aliphatic carbocycles. The maximum atomic E-state index is 12.6. The van der Waals surface area contributed by atoms with Gasteiger partial charge in [0.05, 0.1) is 10.9 Å². The molecule has 0 aromatic heterocycles. The Bertz CT molecular complexity index is 912. The number of hydrogen-bond acceptors (Lipinski definition) is 4. The van der Waals surface area contributed by atoms with Crippen LogP contribution in [0.15, 0.2) is 58.3 Å². The fraction of sp³-hybridized carbons (Fsp3) is 0.235. The number of primary sulfonamides is 1. The molecule has 0 aliphatic heterocycles. The van der Waals surface area contributed by atoms with Gasteiger partial charge in [-0.3, -0.25) is 4.79 Å². The van der Waals surface area contributed by atoms with E-state index in [2.05, 4.69) is 0 Å². The van der Waals surface area contributed by atoms with Crippen molar-refractivity contribution >= 4 is 27.7 Å². The smallest absolute Gasteiger partial charge is 0.335 e.